The Bertz CT molecular complexity index is 761. The normalized spacial score (nSPS) is 11.5. The minimum absolute atomic E-state index is 0.180. The first-order valence-corrected chi connectivity index (χ1v) is 10.1. The first-order chi connectivity index (χ1) is 13.0. The lowest BCUT2D eigenvalue weighted by atomic mass is 10.1. The lowest BCUT2D eigenvalue weighted by Crippen LogP contribution is -2.42. The lowest BCUT2D eigenvalue weighted by molar-refractivity contribution is -0.147. The van der Waals surface area contributed by atoms with Gasteiger partial charge in [0.1, 0.15) is 18.4 Å². The van der Waals surface area contributed by atoms with Crippen LogP contribution in [0.1, 0.15) is 27.9 Å². The SMILES string of the molecule is COc1ccccc1C(=O)N[C@H](CCSC)C(=O)OCc1ccc(C)cc1. The zero-order valence-electron chi connectivity index (χ0n) is 15.9. The zero-order chi connectivity index (χ0) is 19.6. The highest BCUT2D eigenvalue weighted by Crippen LogP contribution is 2.17. The molecule has 0 unspecified atom stereocenters. The Labute approximate surface area is 164 Å². The molecule has 0 aromatic heterocycles. The molecule has 1 atom stereocenters. The molecule has 0 heterocycles. The number of benzene rings is 2. The van der Waals surface area contributed by atoms with Crippen LogP contribution in [0.15, 0.2) is 48.5 Å². The minimum Gasteiger partial charge on any atom is -0.496 e. The molecule has 0 bridgehead atoms. The zero-order valence-corrected chi connectivity index (χ0v) is 16.7. The summed E-state index contributed by atoms with van der Waals surface area (Å²) < 4.78 is 10.6. The van der Waals surface area contributed by atoms with E-state index in [4.69, 9.17) is 9.47 Å². The van der Waals surface area contributed by atoms with E-state index in [1.54, 1.807) is 36.0 Å². The van der Waals surface area contributed by atoms with Crippen LogP contribution in [-0.2, 0) is 16.1 Å². The minimum atomic E-state index is -0.708. The smallest absolute Gasteiger partial charge is 0.329 e. The van der Waals surface area contributed by atoms with Crippen LogP contribution in [0.25, 0.3) is 0 Å². The number of esters is 1. The second kappa shape index (κ2) is 10.6. The highest BCUT2D eigenvalue weighted by atomic mass is 32.2. The van der Waals surface area contributed by atoms with E-state index in [1.165, 1.54) is 7.11 Å². The number of carbonyl (C=O) groups excluding carboxylic acids is 2. The van der Waals surface area contributed by atoms with Crippen LogP contribution in [0.3, 0.4) is 0 Å². The van der Waals surface area contributed by atoms with E-state index in [0.717, 1.165) is 16.9 Å². The summed E-state index contributed by atoms with van der Waals surface area (Å²) >= 11 is 1.61. The fourth-order valence-electron chi connectivity index (χ4n) is 2.49. The highest BCUT2D eigenvalue weighted by Gasteiger charge is 2.24. The molecular weight excluding hydrogens is 362 g/mol. The summed E-state index contributed by atoms with van der Waals surface area (Å²) in [5.41, 5.74) is 2.45. The van der Waals surface area contributed by atoms with Crippen molar-refractivity contribution in [3.8, 4) is 5.75 Å². The number of hydrogen-bond acceptors (Lipinski definition) is 5. The predicted octanol–water partition coefficient (Wildman–Crippen LogP) is 3.60. The standard InChI is InChI=1S/C21H25NO4S/c1-15-8-10-16(11-9-15)14-26-21(24)18(12-13-27-3)22-20(23)17-6-4-5-7-19(17)25-2/h4-11,18H,12-14H2,1-3H3,(H,22,23)/t18-/m1/s1. The Balaban J connectivity index is 2.03. The molecule has 2 aromatic rings. The van der Waals surface area contributed by atoms with E-state index < -0.39 is 12.0 Å². The fourth-order valence-corrected chi connectivity index (χ4v) is 2.96. The molecule has 144 valence electrons. The Morgan fingerprint density at radius 3 is 2.48 bits per heavy atom. The van der Waals surface area contributed by atoms with Crippen molar-refractivity contribution in [2.45, 2.75) is 26.0 Å². The van der Waals surface area contributed by atoms with Crippen molar-refractivity contribution in [1.82, 2.24) is 5.32 Å². The van der Waals surface area contributed by atoms with Gasteiger partial charge in [0.25, 0.3) is 5.91 Å². The van der Waals surface area contributed by atoms with Crippen LogP contribution >= 0.6 is 11.8 Å². The Morgan fingerprint density at radius 2 is 1.81 bits per heavy atom. The van der Waals surface area contributed by atoms with Crippen LogP contribution in [0.5, 0.6) is 5.75 Å². The molecule has 0 spiro atoms. The summed E-state index contributed by atoms with van der Waals surface area (Å²) in [4.78, 5) is 25.1. The molecule has 2 rings (SSSR count). The lowest BCUT2D eigenvalue weighted by Gasteiger charge is -2.18. The van der Waals surface area contributed by atoms with E-state index in [2.05, 4.69) is 5.32 Å². The molecule has 0 aliphatic heterocycles. The van der Waals surface area contributed by atoms with Gasteiger partial charge in [-0.25, -0.2) is 4.79 Å². The van der Waals surface area contributed by atoms with Gasteiger partial charge in [0.2, 0.25) is 0 Å². The average Bonchev–Trinajstić information content (AvgIpc) is 2.70. The van der Waals surface area contributed by atoms with Crippen molar-refractivity contribution >= 4 is 23.6 Å². The fraction of sp³-hybridized carbons (Fsp3) is 0.333. The van der Waals surface area contributed by atoms with Crippen LogP contribution < -0.4 is 10.1 Å². The maximum Gasteiger partial charge on any atom is 0.329 e. The van der Waals surface area contributed by atoms with Gasteiger partial charge in [-0.2, -0.15) is 11.8 Å². The van der Waals surface area contributed by atoms with Gasteiger partial charge >= 0.3 is 5.97 Å². The van der Waals surface area contributed by atoms with Gasteiger partial charge in [-0.15, -0.1) is 0 Å². The van der Waals surface area contributed by atoms with E-state index >= 15 is 0 Å². The van der Waals surface area contributed by atoms with Crippen molar-refractivity contribution in [1.29, 1.82) is 0 Å². The van der Waals surface area contributed by atoms with Crippen molar-refractivity contribution < 1.29 is 19.1 Å². The third-order valence-corrected chi connectivity index (χ3v) is 4.70. The summed E-state index contributed by atoms with van der Waals surface area (Å²) in [5.74, 6) is 0.404. The van der Waals surface area contributed by atoms with Gasteiger partial charge < -0.3 is 14.8 Å². The Kier molecular flexibility index (Phi) is 8.20. The van der Waals surface area contributed by atoms with E-state index in [1.807, 2.05) is 37.4 Å². The Morgan fingerprint density at radius 1 is 1.11 bits per heavy atom. The first kappa shape index (κ1) is 20.8. The second-order valence-corrected chi connectivity index (χ2v) is 7.09. The molecule has 2 aromatic carbocycles. The van der Waals surface area contributed by atoms with E-state index in [-0.39, 0.29) is 12.5 Å². The van der Waals surface area contributed by atoms with Crippen LogP contribution in [0.4, 0.5) is 0 Å². The number of hydrogen-bond donors (Lipinski definition) is 1. The molecular formula is C21H25NO4S. The highest BCUT2D eigenvalue weighted by molar-refractivity contribution is 7.98. The topological polar surface area (TPSA) is 64.6 Å². The molecule has 0 fully saturated rings. The number of amides is 1. The predicted molar refractivity (Wildman–Crippen MR) is 108 cm³/mol. The largest absolute Gasteiger partial charge is 0.496 e. The van der Waals surface area contributed by atoms with Crippen molar-refractivity contribution in [2.75, 3.05) is 19.1 Å². The molecule has 0 aliphatic carbocycles. The average molecular weight is 388 g/mol. The van der Waals surface area contributed by atoms with Gasteiger partial charge in [-0.3, -0.25) is 4.79 Å². The van der Waals surface area contributed by atoms with Gasteiger partial charge in [0.05, 0.1) is 12.7 Å². The number of para-hydroxylation sites is 1. The summed E-state index contributed by atoms with van der Waals surface area (Å²) in [6.07, 6.45) is 2.45. The van der Waals surface area contributed by atoms with Crippen LogP contribution in [0, 0.1) is 6.92 Å². The molecule has 0 saturated carbocycles. The molecule has 27 heavy (non-hydrogen) atoms. The third-order valence-electron chi connectivity index (χ3n) is 4.05. The molecule has 1 N–H and O–H groups in total. The number of aryl methyl sites for hydroxylation is 1. The summed E-state index contributed by atoms with van der Waals surface area (Å²) in [6.45, 7) is 2.18. The Hall–Kier alpha value is -2.47. The molecule has 1 amide bonds. The molecule has 0 radical (unpaired) electrons. The van der Waals surface area contributed by atoms with E-state index in [0.29, 0.717) is 17.7 Å². The molecule has 5 nitrogen and oxygen atoms in total. The van der Waals surface area contributed by atoms with Crippen LogP contribution in [-0.4, -0.2) is 37.0 Å². The first-order valence-electron chi connectivity index (χ1n) is 8.70. The van der Waals surface area contributed by atoms with Gasteiger partial charge in [-0.1, -0.05) is 42.0 Å². The van der Waals surface area contributed by atoms with Gasteiger partial charge in [0, 0.05) is 0 Å². The number of carbonyl (C=O) groups is 2. The summed E-state index contributed by atoms with van der Waals surface area (Å²) in [5, 5.41) is 2.78. The van der Waals surface area contributed by atoms with Crippen molar-refractivity contribution in [2.24, 2.45) is 0 Å². The molecule has 0 aliphatic rings. The quantitative estimate of drug-likeness (QED) is 0.666. The second-order valence-electron chi connectivity index (χ2n) is 6.10. The van der Waals surface area contributed by atoms with Gasteiger partial charge in [-0.05, 0) is 43.0 Å². The maximum atomic E-state index is 12.6. The maximum absolute atomic E-state index is 12.6. The van der Waals surface area contributed by atoms with Crippen molar-refractivity contribution in [3.05, 3.63) is 65.2 Å². The summed E-state index contributed by atoms with van der Waals surface area (Å²) in [6, 6.07) is 14.0. The van der Waals surface area contributed by atoms with Gasteiger partial charge in [0.15, 0.2) is 0 Å². The molecule has 6 heteroatoms. The van der Waals surface area contributed by atoms with Crippen molar-refractivity contribution in [3.63, 3.8) is 0 Å². The number of nitrogens with one attached hydrogen (secondary N) is 1. The number of thioether (sulfide) groups is 1. The van der Waals surface area contributed by atoms with Crippen LogP contribution in [0.2, 0.25) is 0 Å². The molecule has 0 saturated heterocycles. The number of methoxy groups -OCH3 is 1. The number of ether oxygens (including phenoxy) is 2. The summed E-state index contributed by atoms with van der Waals surface area (Å²) in [7, 11) is 1.51. The van der Waals surface area contributed by atoms with E-state index in [9.17, 15) is 9.59 Å². The third kappa shape index (κ3) is 6.32. The number of rotatable bonds is 9. The monoisotopic (exact) mass is 387 g/mol.